The maximum absolute atomic E-state index is 11.8. The molecule has 2 rings (SSSR count). The van der Waals surface area contributed by atoms with Crippen molar-refractivity contribution in [3.05, 3.63) is 12.3 Å². The molecule has 1 aliphatic carbocycles. The van der Waals surface area contributed by atoms with E-state index in [0.717, 1.165) is 0 Å². The van der Waals surface area contributed by atoms with E-state index >= 15 is 0 Å². The van der Waals surface area contributed by atoms with Gasteiger partial charge in [-0.05, 0) is 16.9 Å². The molecule has 5 heteroatoms. The Morgan fingerprint density at radius 3 is 2.47 bits per heavy atom. The molecule has 5 nitrogen and oxygen atoms in total. The van der Waals surface area contributed by atoms with E-state index in [2.05, 4.69) is 38.1 Å². The van der Waals surface area contributed by atoms with E-state index in [1.165, 1.54) is 0 Å². The number of nitrogen functional groups attached to an aromatic ring is 1. The number of nitrogens with one attached hydrogen (secondary N) is 1. The van der Waals surface area contributed by atoms with E-state index in [0.29, 0.717) is 5.82 Å². The van der Waals surface area contributed by atoms with Crippen molar-refractivity contribution < 1.29 is 4.79 Å². The van der Waals surface area contributed by atoms with E-state index in [1.54, 1.807) is 16.9 Å². The van der Waals surface area contributed by atoms with Crippen molar-refractivity contribution in [2.24, 2.45) is 10.8 Å². The summed E-state index contributed by atoms with van der Waals surface area (Å²) in [5.41, 5.74) is 5.81. The van der Waals surface area contributed by atoms with Gasteiger partial charge in [0.05, 0.1) is 0 Å². The number of amides is 1. The number of hydrogen-bond acceptors (Lipinski definition) is 3. The van der Waals surface area contributed by atoms with Crippen LogP contribution in [0.4, 0.5) is 5.82 Å². The molecule has 0 spiro atoms. The third kappa shape index (κ3) is 1.90. The Balaban J connectivity index is 1.92. The maximum Gasteiger partial charge on any atom is 0.241 e. The summed E-state index contributed by atoms with van der Waals surface area (Å²) < 4.78 is 1.55. The van der Waals surface area contributed by atoms with Crippen molar-refractivity contribution in [2.75, 3.05) is 5.73 Å². The van der Waals surface area contributed by atoms with Crippen LogP contribution in [-0.2, 0) is 11.3 Å². The first kappa shape index (κ1) is 12.0. The number of carbonyl (C=O) groups is 1. The van der Waals surface area contributed by atoms with Crippen molar-refractivity contribution in [3.8, 4) is 0 Å². The zero-order valence-electron chi connectivity index (χ0n) is 10.8. The Hall–Kier alpha value is -1.52. The monoisotopic (exact) mass is 236 g/mol. The van der Waals surface area contributed by atoms with Crippen LogP contribution in [0.1, 0.15) is 27.7 Å². The van der Waals surface area contributed by atoms with Crippen molar-refractivity contribution in [1.82, 2.24) is 15.1 Å². The molecular weight excluding hydrogens is 216 g/mol. The van der Waals surface area contributed by atoms with Gasteiger partial charge >= 0.3 is 0 Å². The first-order valence-corrected chi connectivity index (χ1v) is 5.83. The fraction of sp³-hybridized carbons (Fsp3) is 0.667. The molecule has 1 heterocycles. The zero-order chi connectivity index (χ0) is 12.8. The van der Waals surface area contributed by atoms with Gasteiger partial charge in [0, 0.05) is 12.2 Å². The third-order valence-corrected chi connectivity index (χ3v) is 4.29. The number of aromatic nitrogens is 2. The van der Waals surface area contributed by atoms with Crippen LogP contribution in [-0.4, -0.2) is 21.7 Å². The quantitative estimate of drug-likeness (QED) is 0.822. The Kier molecular flexibility index (Phi) is 2.45. The second-order valence-corrected chi connectivity index (χ2v) is 5.88. The van der Waals surface area contributed by atoms with Crippen LogP contribution in [0.15, 0.2) is 12.3 Å². The van der Waals surface area contributed by atoms with E-state index in [1.807, 2.05) is 0 Å². The summed E-state index contributed by atoms with van der Waals surface area (Å²) in [6.07, 6.45) is 1.71. The molecule has 0 radical (unpaired) electrons. The highest BCUT2D eigenvalue weighted by molar-refractivity contribution is 5.76. The van der Waals surface area contributed by atoms with E-state index in [-0.39, 0.29) is 29.3 Å². The van der Waals surface area contributed by atoms with E-state index in [9.17, 15) is 4.79 Å². The smallest absolute Gasteiger partial charge is 0.241 e. The van der Waals surface area contributed by atoms with Crippen LogP contribution < -0.4 is 11.1 Å². The summed E-state index contributed by atoms with van der Waals surface area (Å²) in [5.74, 6) is 0.418. The van der Waals surface area contributed by atoms with Gasteiger partial charge in [-0.2, -0.15) is 5.10 Å². The number of hydrogen-bond donors (Lipinski definition) is 2. The molecule has 1 aliphatic rings. The van der Waals surface area contributed by atoms with Gasteiger partial charge < -0.3 is 11.1 Å². The number of nitrogens with zero attached hydrogens (tertiary/aromatic N) is 2. The van der Waals surface area contributed by atoms with Gasteiger partial charge in [-0.1, -0.05) is 27.7 Å². The first-order valence-electron chi connectivity index (χ1n) is 5.83. The van der Waals surface area contributed by atoms with Crippen LogP contribution in [0.3, 0.4) is 0 Å². The second-order valence-electron chi connectivity index (χ2n) is 5.88. The minimum Gasteiger partial charge on any atom is -0.382 e. The summed E-state index contributed by atoms with van der Waals surface area (Å²) in [6.45, 7) is 8.90. The lowest BCUT2D eigenvalue weighted by Crippen LogP contribution is -2.32. The van der Waals surface area contributed by atoms with Gasteiger partial charge in [-0.15, -0.1) is 0 Å². The van der Waals surface area contributed by atoms with Crippen LogP contribution in [0.5, 0.6) is 0 Å². The SMILES string of the molecule is CC1(C)C(NC(=O)Cn2ccc(N)n2)C1(C)C. The van der Waals surface area contributed by atoms with Crippen LogP contribution >= 0.6 is 0 Å². The lowest BCUT2D eigenvalue weighted by Gasteiger charge is -2.06. The Morgan fingerprint density at radius 2 is 2.06 bits per heavy atom. The second kappa shape index (κ2) is 3.48. The molecule has 1 amide bonds. The standard InChI is InChI=1S/C12H20N4O/c1-11(2)10(12(11,3)4)14-9(17)7-16-6-5-8(13)15-16/h5-6,10H,7H2,1-4H3,(H2,13,15)(H,14,17). The zero-order valence-corrected chi connectivity index (χ0v) is 10.8. The molecule has 0 bridgehead atoms. The molecule has 0 saturated heterocycles. The number of anilines is 1. The molecular formula is C12H20N4O. The average molecular weight is 236 g/mol. The highest BCUT2D eigenvalue weighted by atomic mass is 16.2. The number of rotatable bonds is 3. The van der Waals surface area contributed by atoms with Crippen LogP contribution in [0, 0.1) is 10.8 Å². The first-order chi connectivity index (χ1) is 7.75. The van der Waals surface area contributed by atoms with Gasteiger partial charge in [0.25, 0.3) is 0 Å². The largest absolute Gasteiger partial charge is 0.382 e. The molecule has 94 valence electrons. The summed E-state index contributed by atoms with van der Waals surface area (Å²) in [5, 5.41) is 7.04. The minimum atomic E-state index is -0.0169. The minimum absolute atomic E-state index is 0.0169. The fourth-order valence-corrected chi connectivity index (χ4v) is 2.38. The molecule has 1 fully saturated rings. The molecule has 0 atom stereocenters. The van der Waals surface area contributed by atoms with Crippen LogP contribution in [0.2, 0.25) is 0 Å². The van der Waals surface area contributed by atoms with Crippen molar-refractivity contribution in [2.45, 2.75) is 40.3 Å². The molecule has 1 aromatic heterocycles. The highest BCUT2D eigenvalue weighted by Gasteiger charge is 2.65. The molecule has 3 N–H and O–H groups in total. The topological polar surface area (TPSA) is 72.9 Å². The molecule has 1 saturated carbocycles. The molecule has 1 aromatic rings. The maximum atomic E-state index is 11.8. The Bertz CT molecular complexity index is 433. The Labute approximate surface area is 101 Å². The molecule has 17 heavy (non-hydrogen) atoms. The van der Waals surface area contributed by atoms with E-state index in [4.69, 9.17) is 5.73 Å². The average Bonchev–Trinajstić information content (AvgIpc) is 2.52. The molecule has 0 unspecified atom stereocenters. The molecule has 0 aromatic carbocycles. The fourth-order valence-electron chi connectivity index (χ4n) is 2.38. The van der Waals surface area contributed by atoms with Crippen molar-refractivity contribution >= 4 is 11.7 Å². The van der Waals surface area contributed by atoms with Crippen LogP contribution in [0.25, 0.3) is 0 Å². The van der Waals surface area contributed by atoms with Gasteiger partial charge in [-0.3, -0.25) is 9.48 Å². The predicted molar refractivity (Wildman–Crippen MR) is 66.1 cm³/mol. The number of carbonyl (C=O) groups excluding carboxylic acids is 1. The van der Waals surface area contributed by atoms with Gasteiger partial charge in [0.15, 0.2) is 0 Å². The Morgan fingerprint density at radius 1 is 1.47 bits per heavy atom. The summed E-state index contributed by atoms with van der Waals surface area (Å²) in [6, 6.07) is 1.91. The van der Waals surface area contributed by atoms with Crippen molar-refractivity contribution in [3.63, 3.8) is 0 Å². The highest BCUT2D eigenvalue weighted by Crippen LogP contribution is 2.62. The van der Waals surface area contributed by atoms with Gasteiger partial charge in [0.1, 0.15) is 12.4 Å². The van der Waals surface area contributed by atoms with E-state index < -0.39 is 0 Å². The third-order valence-electron chi connectivity index (χ3n) is 4.29. The van der Waals surface area contributed by atoms with Gasteiger partial charge in [0.2, 0.25) is 5.91 Å². The number of nitrogens with two attached hydrogens (primary N) is 1. The summed E-state index contributed by atoms with van der Waals surface area (Å²) in [4.78, 5) is 11.8. The summed E-state index contributed by atoms with van der Waals surface area (Å²) >= 11 is 0. The van der Waals surface area contributed by atoms with Gasteiger partial charge in [-0.25, -0.2) is 0 Å². The predicted octanol–water partition coefficient (Wildman–Crippen LogP) is 1.02. The molecule has 0 aliphatic heterocycles. The summed E-state index contributed by atoms with van der Waals surface area (Å²) in [7, 11) is 0. The van der Waals surface area contributed by atoms with Crippen molar-refractivity contribution in [1.29, 1.82) is 0 Å². The normalized spacial score (nSPS) is 21.2. The lowest BCUT2D eigenvalue weighted by atomic mass is 10.0. The lowest BCUT2D eigenvalue weighted by molar-refractivity contribution is -0.122.